The maximum atomic E-state index is 11.9. The van der Waals surface area contributed by atoms with Gasteiger partial charge in [0.25, 0.3) is 0 Å². The smallest absolute Gasteiger partial charge is 0.240 e. The molecule has 17 heavy (non-hydrogen) atoms. The van der Waals surface area contributed by atoms with Crippen LogP contribution in [-0.4, -0.2) is 25.8 Å². The van der Waals surface area contributed by atoms with Gasteiger partial charge in [0, 0.05) is 18.2 Å². The predicted octanol–water partition coefficient (Wildman–Crippen LogP) is 0.660. The fourth-order valence-electron chi connectivity index (χ4n) is 1.86. The van der Waals surface area contributed by atoms with Gasteiger partial charge in [0.2, 0.25) is 10.0 Å². The fourth-order valence-corrected chi connectivity index (χ4v) is 3.17. The first-order valence-electron chi connectivity index (χ1n) is 5.48. The van der Waals surface area contributed by atoms with Crippen LogP contribution in [0, 0.1) is 0 Å². The summed E-state index contributed by atoms with van der Waals surface area (Å²) in [5, 5.41) is 12.3. The van der Waals surface area contributed by atoms with Crippen LogP contribution in [0.5, 0.6) is 0 Å². The molecule has 0 saturated heterocycles. The Balaban J connectivity index is 2.33. The minimum Gasteiger partial charge on any atom is -0.373 e. The lowest BCUT2D eigenvalue weighted by Crippen LogP contribution is -2.30. The second-order valence-corrected chi connectivity index (χ2v) is 6.17. The van der Waals surface area contributed by atoms with Gasteiger partial charge in [-0.25, -0.2) is 13.1 Å². The zero-order valence-corrected chi connectivity index (χ0v) is 10.6. The summed E-state index contributed by atoms with van der Waals surface area (Å²) in [4.78, 5) is 0.237. The molecule has 3 N–H and O–H groups in total. The highest BCUT2D eigenvalue weighted by atomic mass is 32.2. The van der Waals surface area contributed by atoms with Crippen LogP contribution >= 0.6 is 0 Å². The van der Waals surface area contributed by atoms with E-state index in [0.717, 1.165) is 11.3 Å². The molecule has 1 unspecified atom stereocenters. The number of aliphatic hydroxyl groups excluding tert-OH is 1. The maximum absolute atomic E-state index is 11.9. The van der Waals surface area contributed by atoms with Crippen molar-refractivity contribution in [3.05, 3.63) is 23.8 Å². The van der Waals surface area contributed by atoms with Crippen LogP contribution in [0.15, 0.2) is 23.1 Å². The predicted molar refractivity (Wildman–Crippen MR) is 65.2 cm³/mol. The summed E-state index contributed by atoms with van der Waals surface area (Å²) in [5.74, 6) is 0. The minimum absolute atomic E-state index is 0.142. The summed E-state index contributed by atoms with van der Waals surface area (Å²) >= 11 is 0. The van der Waals surface area contributed by atoms with Crippen molar-refractivity contribution in [3.8, 4) is 0 Å². The molecular formula is C11H16N2O3S. The van der Waals surface area contributed by atoms with Gasteiger partial charge in [-0.1, -0.05) is 0 Å². The largest absolute Gasteiger partial charge is 0.373 e. The third-order valence-corrected chi connectivity index (χ3v) is 4.17. The summed E-state index contributed by atoms with van der Waals surface area (Å²) in [6.45, 7) is 3.55. The molecule has 0 spiro atoms. The Morgan fingerprint density at radius 1 is 1.47 bits per heavy atom. The Labute approximate surface area is 101 Å². The SMILES string of the molecule is CC(C)NS(=O)(=O)c1ccc2c(c1)CC(O)N2. The monoisotopic (exact) mass is 256 g/mol. The molecule has 0 bridgehead atoms. The second-order valence-electron chi connectivity index (χ2n) is 4.46. The van der Waals surface area contributed by atoms with E-state index < -0.39 is 16.3 Å². The van der Waals surface area contributed by atoms with Gasteiger partial charge in [0.15, 0.2) is 0 Å². The molecule has 0 aromatic heterocycles. The van der Waals surface area contributed by atoms with E-state index in [4.69, 9.17) is 0 Å². The molecule has 1 aromatic carbocycles. The molecule has 94 valence electrons. The van der Waals surface area contributed by atoms with E-state index in [0.29, 0.717) is 6.42 Å². The summed E-state index contributed by atoms with van der Waals surface area (Å²) < 4.78 is 26.4. The highest BCUT2D eigenvalue weighted by molar-refractivity contribution is 7.89. The molecule has 5 nitrogen and oxygen atoms in total. The third-order valence-electron chi connectivity index (χ3n) is 2.51. The molecule has 0 fully saturated rings. The van der Waals surface area contributed by atoms with E-state index in [2.05, 4.69) is 10.0 Å². The van der Waals surface area contributed by atoms with E-state index in [1.165, 1.54) is 6.07 Å². The van der Waals surface area contributed by atoms with Gasteiger partial charge in [0.1, 0.15) is 6.23 Å². The van der Waals surface area contributed by atoms with Gasteiger partial charge in [-0.05, 0) is 37.6 Å². The van der Waals surface area contributed by atoms with E-state index in [9.17, 15) is 13.5 Å². The topological polar surface area (TPSA) is 78.4 Å². The van der Waals surface area contributed by atoms with Gasteiger partial charge in [-0.15, -0.1) is 0 Å². The zero-order valence-electron chi connectivity index (χ0n) is 9.77. The van der Waals surface area contributed by atoms with Crippen LogP contribution in [0.3, 0.4) is 0 Å². The number of rotatable bonds is 3. The van der Waals surface area contributed by atoms with Gasteiger partial charge in [-0.2, -0.15) is 0 Å². The van der Waals surface area contributed by atoms with Crippen molar-refractivity contribution in [1.29, 1.82) is 0 Å². The number of sulfonamides is 1. The van der Waals surface area contributed by atoms with Gasteiger partial charge in [0.05, 0.1) is 4.90 Å². The number of benzene rings is 1. The van der Waals surface area contributed by atoms with Crippen LogP contribution in [0.4, 0.5) is 5.69 Å². The van der Waals surface area contributed by atoms with E-state index in [-0.39, 0.29) is 10.9 Å². The van der Waals surface area contributed by atoms with Crippen LogP contribution in [0.25, 0.3) is 0 Å². The highest BCUT2D eigenvalue weighted by Gasteiger charge is 2.22. The molecule has 1 atom stereocenters. The van der Waals surface area contributed by atoms with Crippen molar-refractivity contribution < 1.29 is 13.5 Å². The van der Waals surface area contributed by atoms with E-state index in [1.54, 1.807) is 26.0 Å². The molecule has 1 aliphatic heterocycles. The number of fused-ring (bicyclic) bond motifs is 1. The maximum Gasteiger partial charge on any atom is 0.240 e. The Hall–Kier alpha value is -1.11. The molecule has 1 aromatic rings. The summed E-state index contributed by atoms with van der Waals surface area (Å²) in [6.07, 6.45) is -0.193. The van der Waals surface area contributed by atoms with Gasteiger partial charge >= 0.3 is 0 Å². The van der Waals surface area contributed by atoms with Crippen molar-refractivity contribution >= 4 is 15.7 Å². The Bertz CT molecular complexity index is 526. The molecule has 6 heteroatoms. The molecule has 0 radical (unpaired) electrons. The lowest BCUT2D eigenvalue weighted by atomic mass is 10.2. The third kappa shape index (κ3) is 2.59. The molecule has 2 rings (SSSR count). The van der Waals surface area contributed by atoms with Crippen molar-refractivity contribution in [3.63, 3.8) is 0 Å². The molecule has 0 saturated carbocycles. The van der Waals surface area contributed by atoms with Crippen molar-refractivity contribution in [2.75, 3.05) is 5.32 Å². The standard InChI is InChI=1S/C11H16N2O3S/c1-7(2)13-17(15,16)9-3-4-10-8(5-9)6-11(14)12-10/h3-5,7,11-14H,6H2,1-2H3. The van der Waals surface area contributed by atoms with Crippen LogP contribution < -0.4 is 10.0 Å². The van der Waals surface area contributed by atoms with Gasteiger partial charge < -0.3 is 10.4 Å². The Kier molecular flexibility index (Phi) is 3.11. The van der Waals surface area contributed by atoms with Crippen molar-refractivity contribution in [2.24, 2.45) is 0 Å². The first-order chi connectivity index (χ1) is 7.88. The average molecular weight is 256 g/mol. The van der Waals surface area contributed by atoms with Crippen LogP contribution in [0.2, 0.25) is 0 Å². The number of aliphatic hydroxyl groups is 1. The summed E-state index contributed by atoms with van der Waals surface area (Å²) in [6, 6.07) is 4.68. The first-order valence-corrected chi connectivity index (χ1v) is 6.96. The number of nitrogens with one attached hydrogen (secondary N) is 2. The quantitative estimate of drug-likeness (QED) is 0.742. The highest BCUT2D eigenvalue weighted by Crippen LogP contribution is 2.27. The number of anilines is 1. The second kappa shape index (κ2) is 4.29. The molecular weight excluding hydrogens is 240 g/mol. The van der Waals surface area contributed by atoms with Crippen molar-refractivity contribution in [2.45, 2.75) is 37.4 Å². The minimum atomic E-state index is -3.46. The lowest BCUT2D eigenvalue weighted by Gasteiger charge is -2.10. The molecule has 1 heterocycles. The van der Waals surface area contributed by atoms with Crippen LogP contribution in [-0.2, 0) is 16.4 Å². The normalized spacial score (nSPS) is 19.2. The van der Waals surface area contributed by atoms with Crippen LogP contribution in [0.1, 0.15) is 19.4 Å². The fraction of sp³-hybridized carbons (Fsp3) is 0.455. The van der Waals surface area contributed by atoms with Crippen molar-refractivity contribution in [1.82, 2.24) is 4.72 Å². The van der Waals surface area contributed by atoms with E-state index >= 15 is 0 Å². The summed E-state index contributed by atoms with van der Waals surface area (Å²) in [5.41, 5.74) is 1.62. The Morgan fingerprint density at radius 3 is 2.82 bits per heavy atom. The average Bonchev–Trinajstić information content (AvgIpc) is 2.54. The zero-order chi connectivity index (χ0) is 12.6. The molecule has 1 aliphatic rings. The van der Waals surface area contributed by atoms with E-state index in [1.807, 2.05) is 0 Å². The Morgan fingerprint density at radius 2 is 2.18 bits per heavy atom. The first kappa shape index (κ1) is 12.3. The molecule has 0 aliphatic carbocycles. The number of hydrogen-bond acceptors (Lipinski definition) is 4. The molecule has 0 amide bonds. The van der Waals surface area contributed by atoms with Gasteiger partial charge in [-0.3, -0.25) is 0 Å². The summed E-state index contributed by atoms with van der Waals surface area (Å²) in [7, 11) is -3.46. The number of hydrogen-bond donors (Lipinski definition) is 3. The lowest BCUT2D eigenvalue weighted by molar-refractivity contribution is 0.212.